The summed E-state index contributed by atoms with van der Waals surface area (Å²) in [5, 5.41) is 15.8. The Morgan fingerprint density at radius 2 is 1.90 bits per heavy atom. The minimum absolute atomic E-state index is 0.291. The fourth-order valence-electron chi connectivity index (χ4n) is 2.85. The van der Waals surface area contributed by atoms with E-state index < -0.39 is 5.91 Å². The number of azide groups is 1. The van der Waals surface area contributed by atoms with Gasteiger partial charge in [0.25, 0.3) is 0 Å². The Hall–Kier alpha value is -3.59. The molecule has 0 saturated carbocycles. The minimum atomic E-state index is -0.642. The fraction of sp³-hybridized carbons (Fsp3) is 0.100. The van der Waals surface area contributed by atoms with E-state index in [0.29, 0.717) is 15.8 Å². The van der Waals surface area contributed by atoms with Crippen molar-refractivity contribution in [2.75, 3.05) is 4.90 Å². The molecule has 1 amide bonds. The maximum Gasteiger partial charge on any atom is 0.249 e. The first-order valence-electron chi connectivity index (χ1n) is 8.88. The van der Waals surface area contributed by atoms with Crippen LogP contribution in [0.1, 0.15) is 20.9 Å². The van der Waals surface area contributed by atoms with Gasteiger partial charge in [-0.15, -0.1) is 21.5 Å². The van der Waals surface area contributed by atoms with E-state index in [1.54, 1.807) is 12.1 Å². The number of carbonyl (C=O) groups excluding carboxylic acids is 1. The molecule has 0 bridgehead atoms. The average molecular weight is 434 g/mol. The second kappa shape index (κ2) is 8.42. The van der Waals surface area contributed by atoms with Crippen LogP contribution in [0.15, 0.2) is 59.0 Å². The zero-order valence-electron chi connectivity index (χ0n) is 16.1. The Morgan fingerprint density at radius 3 is 2.60 bits per heavy atom. The van der Waals surface area contributed by atoms with Crippen LogP contribution in [0.25, 0.3) is 21.7 Å². The Balaban J connectivity index is 1.85. The molecule has 0 aliphatic heterocycles. The van der Waals surface area contributed by atoms with E-state index in [2.05, 4.69) is 20.2 Å². The lowest BCUT2D eigenvalue weighted by Gasteiger charge is -2.21. The molecule has 0 saturated heterocycles. The van der Waals surface area contributed by atoms with Gasteiger partial charge < -0.3 is 0 Å². The highest BCUT2D eigenvalue weighted by molar-refractivity contribution is 7.17. The van der Waals surface area contributed by atoms with E-state index >= 15 is 0 Å². The van der Waals surface area contributed by atoms with Crippen molar-refractivity contribution in [2.24, 2.45) is 5.11 Å². The topological polar surface area (TPSA) is 108 Å². The smallest absolute Gasteiger partial charge is 0.249 e. The van der Waals surface area contributed by atoms with E-state index in [4.69, 9.17) is 10.5 Å². The summed E-state index contributed by atoms with van der Waals surface area (Å²) < 4.78 is 0. The molecule has 148 valence electrons. The molecule has 10 heteroatoms. The highest BCUT2D eigenvalue weighted by Crippen LogP contribution is 2.41. The second-order valence-corrected chi connectivity index (χ2v) is 8.31. The first kappa shape index (κ1) is 19.7. The van der Waals surface area contributed by atoms with Crippen LogP contribution in [0, 0.1) is 13.8 Å². The summed E-state index contributed by atoms with van der Waals surface area (Å²) in [6, 6.07) is 15.0. The molecule has 0 unspecified atom stereocenters. The predicted molar refractivity (Wildman–Crippen MR) is 119 cm³/mol. The monoisotopic (exact) mass is 433 g/mol. The lowest BCUT2D eigenvalue weighted by Crippen LogP contribution is -2.12. The van der Waals surface area contributed by atoms with E-state index in [1.165, 1.54) is 22.7 Å². The summed E-state index contributed by atoms with van der Waals surface area (Å²) in [5.41, 5.74) is 12.4. The van der Waals surface area contributed by atoms with Crippen molar-refractivity contribution in [3.63, 3.8) is 0 Å². The van der Waals surface area contributed by atoms with Crippen molar-refractivity contribution >= 4 is 44.5 Å². The highest BCUT2D eigenvalue weighted by Gasteiger charge is 2.23. The molecule has 0 radical (unpaired) electrons. The quantitative estimate of drug-likeness (QED) is 0.211. The summed E-state index contributed by atoms with van der Waals surface area (Å²) in [6.45, 7) is 3.81. The maximum absolute atomic E-state index is 12.1. The number of aromatic nitrogens is 3. The van der Waals surface area contributed by atoms with Crippen LogP contribution in [-0.2, 0) is 0 Å². The SMILES string of the molecule is Cc1nnc(N(c2nc(-c3ccccc3)cs2)c2cc(C(=O)N=[N+]=[N-])ccc2C)s1. The van der Waals surface area contributed by atoms with Crippen LogP contribution in [0.5, 0.6) is 0 Å². The number of rotatable bonds is 5. The molecular formula is C20H15N7OS2. The van der Waals surface area contributed by atoms with Crippen molar-refractivity contribution in [3.05, 3.63) is 80.5 Å². The molecule has 2 aromatic heterocycles. The summed E-state index contributed by atoms with van der Waals surface area (Å²) in [5.74, 6) is -0.642. The number of anilines is 3. The number of amides is 1. The van der Waals surface area contributed by atoms with Crippen LogP contribution in [0.2, 0.25) is 0 Å². The van der Waals surface area contributed by atoms with Crippen molar-refractivity contribution in [2.45, 2.75) is 13.8 Å². The van der Waals surface area contributed by atoms with Crippen LogP contribution in [0.3, 0.4) is 0 Å². The summed E-state index contributed by atoms with van der Waals surface area (Å²) in [7, 11) is 0. The van der Waals surface area contributed by atoms with Gasteiger partial charge in [-0.2, -0.15) is 0 Å². The zero-order chi connectivity index (χ0) is 21.1. The molecule has 0 spiro atoms. The van der Waals surface area contributed by atoms with Crippen LogP contribution in [0.4, 0.5) is 16.0 Å². The number of benzene rings is 2. The Kier molecular flexibility index (Phi) is 5.53. The Morgan fingerprint density at radius 1 is 1.10 bits per heavy atom. The molecule has 0 fully saturated rings. The fourth-order valence-corrected chi connectivity index (χ4v) is 4.46. The van der Waals surface area contributed by atoms with Crippen molar-refractivity contribution in [1.82, 2.24) is 15.2 Å². The number of carbonyl (C=O) groups is 1. The van der Waals surface area contributed by atoms with Gasteiger partial charge in [-0.3, -0.25) is 9.69 Å². The van der Waals surface area contributed by atoms with Gasteiger partial charge in [0.2, 0.25) is 11.0 Å². The van der Waals surface area contributed by atoms with Gasteiger partial charge in [0, 0.05) is 21.4 Å². The summed E-state index contributed by atoms with van der Waals surface area (Å²) in [4.78, 5) is 21.4. The van der Waals surface area contributed by atoms with Gasteiger partial charge >= 0.3 is 0 Å². The third kappa shape index (κ3) is 3.92. The standard InChI is InChI=1S/C20H15N7OS2/c1-12-8-9-15(18(28)24-26-21)10-17(12)27(20-25-23-13(2)30-20)19-22-16(11-29-19)14-6-4-3-5-7-14/h3-11H,1-2H3. The van der Waals surface area contributed by atoms with Gasteiger partial charge in [-0.1, -0.05) is 53.8 Å². The van der Waals surface area contributed by atoms with Gasteiger partial charge in [0.05, 0.1) is 11.4 Å². The number of nitrogens with zero attached hydrogens (tertiary/aromatic N) is 7. The van der Waals surface area contributed by atoms with E-state index in [-0.39, 0.29) is 0 Å². The summed E-state index contributed by atoms with van der Waals surface area (Å²) >= 11 is 2.90. The van der Waals surface area contributed by atoms with Crippen LogP contribution >= 0.6 is 22.7 Å². The average Bonchev–Trinajstić information content (AvgIpc) is 3.40. The van der Waals surface area contributed by atoms with Crippen molar-refractivity contribution < 1.29 is 4.79 Å². The molecule has 0 atom stereocenters. The molecule has 0 aliphatic rings. The molecule has 8 nitrogen and oxygen atoms in total. The maximum atomic E-state index is 12.1. The Labute approximate surface area is 180 Å². The van der Waals surface area contributed by atoms with Crippen LogP contribution in [-0.4, -0.2) is 21.1 Å². The van der Waals surface area contributed by atoms with Crippen molar-refractivity contribution in [1.29, 1.82) is 0 Å². The van der Waals surface area contributed by atoms with E-state index in [1.807, 2.05) is 60.5 Å². The third-order valence-corrected chi connectivity index (χ3v) is 5.94. The zero-order valence-corrected chi connectivity index (χ0v) is 17.7. The largest absolute Gasteiger partial charge is 0.287 e. The van der Waals surface area contributed by atoms with Gasteiger partial charge in [-0.05, 0) is 36.1 Å². The van der Waals surface area contributed by atoms with Gasteiger partial charge in [0.1, 0.15) is 5.01 Å². The van der Waals surface area contributed by atoms with Crippen molar-refractivity contribution in [3.8, 4) is 11.3 Å². The van der Waals surface area contributed by atoms with Gasteiger partial charge in [-0.25, -0.2) is 4.98 Å². The summed E-state index contributed by atoms with van der Waals surface area (Å²) in [6.07, 6.45) is 0. The predicted octanol–water partition coefficient (Wildman–Crippen LogP) is 6.20. The van der Waals surface area contributed by atoms with Gasteiger partial charge in [0.15, 0.2) is 5.13 Å². The van der Waals surface area contributed by atoms with E-state index in [9.17, 15) is 4.79 Å². The normalized spacial score (nSPS) is 10.5. The first-order chi connectivity index (χ1) is 14.6. The third-order valence-electron chi connectivity index (χ3n) is 4.29. The lowest BCUT2D eigenvalue weighted by molar-refractivity contribution is 0.100. The molecule has 0 N–H and O–H groups in total. The molecule has 4 rings (SSSR count). The highest BCUT2D eigenvalue weighted by atomic mass is 32.1. The Bertz CT molecular complexity index is 1260. The molecular weight excluding hydrogens is 418 g/mol. The number of hydrogen-bond acceptors (Lipinski definition) is 7. The molecule has 4 aromatic rings. The first-order valence-corrected chi connectivity index (χ1v) is 10.6. The van der Waals surface area contributed by atoms with E-state index in [0.717, 1.165) is 27.5 Å². The molecule has 2 aromatic carbocycles. The molecule has 30 heavy (non-hydrogen) atoms. The molecule has 0 aliphatic carbocycles. The number of thiazole rings is 1. The number of aryl methyl sites for hydroxylation is 2. The minimum Gasteiger partial charge on any atom is -0.287 e. The second-order valence-electron chi connectivity index (χ2n) is 6.32. The van der Waals surface area contributed by atoms with Crippen LogP contribution < -0.4 is 4.90 Å². The lowest BCUT2D eigenvalue weighted by atomic mass is 10.1. The number of hydrogen-bond donors (Lipinski definition) is 0. The molecule has 2 heterocycles.